The molecule has 0 saturated carbocycles. The summed E-state index contributed by atoms with van der Waals surface area (Å²) in [4.78, 5) is 7.75. The lowest BCUT2D eigenvalue weighted by Crippen LogP contribution is -1.74. The topological polar surface area (TPSA) is 28.7 Å². The highest BCUT2D eigenvalue weighted by atomic mass is 127. The second kappa shape index (κ2) is 4.42. The molecule has 3 rings (SSSR count). The van der Waals surface area contributed by atoms with Gasteiger partial charge in [0.05, 0.1) is 24.0 Å². The van der Waals surface area contributed by atoms with Gasteiger partial charge in [0.25, 0.3) is 0 Å². The maximum Gasteiger partial charge on any atom is 0.139 e. The lowest BCUT2D eigenvalue weighted by Gasteiger charge is -1.93. The Morgan fingerprint density at radius 3 is 2.65 bits per heavy atom. The Bertz CT molecular complexity index is 666. The minimum absolute atomic E-state index is 0.525. The van der Waals surface area contributed by atoms with Gasteiger partial charge < -0.3 is 4.98 Å². The molecular formula is C11H5Cl2IN2S. The van der Waals surface area contributed by atoms with Crippen LogP contribution in [-0.4, -0.2) is 9.97 Å². The third kappa shape index (κ3) is 2.19. The standard InChI is InChI=1S/C11H5Cl2IN2S/c12-6-2-8-9(3-7(6)13)16-11(15-8)5-1-10(14)17-4-5/h1-4H,(H,15,16). The third-order valence-corrected chi connectivity index (χ3v) is 4.88. The molecule has 0 atom stereocenters. The van der Waals surface area contributed by atoms with Gasteiger partial charge in [0.15, 0.2) is 0 Å². The molecule has 2 aromatic heterocycles. The van der Waals surface area contributed by atoms with Gasteiger partial charge in [-0.2, -0.15) is 0 Å². The van der Waals surface area contributed by atoms with Crippen molar-refractivity contribution in [3.63, 3.8) is 0 Å². The van der Waals surface area contributed by atoms with E-state index in [0.29, 0.717) is 10.0 Å². The van der Waals surface area contributed by atoms with Gasteiger partial charge in [-0.3, -0.25) is 0 Å². The summed E-state index contributed by atoms with van der Waals surface area (Å²) in [5, 5.41) is 3.13. The third-order valence-electron chi connectivity index (χ3n) is 2.36. The fourth-order valence-corrected chi connectivity index (χ4v) is 3.23. The predicted octanol–water partition coefficient (Wildman–Crippen LogP) is 5.20. The van der Waals surface area contributed by atoms with Gasteiger partial charge in [-0.05, 0) is 40.8 Å². The summed E-state index contributed by atoms with van der Waals surface area (Å²) in [6, 6.07) is 5.66. The SMILES string of the molecule is Clc1cc2nc(-c3csc(I)c3)[nH]c2cc1Cl. The number of aromatic nitrogens is 2. The highest BCUT2D eigenvalue weighted by Gasteiger charge is 2.09. The average molecular weight is 395 g/mol. The summed E-state index contributed by atoms with van der Waals surface area (Å²) < 4.78 is 1.23. The van der Waals surface area contributed by atoms with Crippen LogP contribution >= 0.6 is 57.1 Å². The van der Waals surface area contributed by atoms with Gasteiger partial charge in [0.2, 0.25) is 0 Å². The number of nitrogens with one attached hydrogen (secondary N) is 1. The zero-order valence-corrected chi connectivity index (χ0v) is 12.8. The molecule has 0 aliphatic rings. The molecule has 0 aliphatic carbocycles. The summed E-state index contributed by atoms with van der Waals surface area (Å²) in [7, 11) is 0. The summed E-state index contributed by atoms with van der Waals surface area (Å²) >= 11 is 15.9. The molecule has 0 unspecified atom stereocenters. The molecule has 0 spiro atoms. The molecule has 0 bridgehead atoms. The van der Waals surface area contributed by atoms with Crippen molar-refractivity contribution in [2.24, 2.45) is 0 Å². The average Bonchev–Trinajstić information content (AvgIpc) is 2.85. The fourth-order valence-electron chi connectivity index (χ4n) is 1.58. The van der Waals surface area contributed by atoms with Crippen molar-refractivity contribution >= 4 is 68.2 Å². The van der Waals surface area contributed by atoms with Crippen LogP contribution in [0.4, 0.5) is 0 Å². The molecule has 86 valence electrons. The van der Waals surface area contributed by atoms with Crippen molar-refractivity contribution in [3.05, 3.63) is 36.5 Å². The molecule has 0 fully saturated rings. The van der Waals surface area contributed by atoms with Crippen LogP contribution in [0.1, 0.15) is 0 Å². The first-order valence-corrected chi connectivity index (χ1v) is 7.44. The number of benzene rings is 1. The normalized spacial score (nSPS) is 11.2. The monoisotopic (exact) mass is 394 g/mol. The van der Waals surface area contributed by atoms with Crippen molar-refractivity contribution < 1.29 is 0 Å². The Morgan fingerprint density at radius 1 is 1.18 bits per heavy atom. The minimum Gasteiger partial charge on any atom is -0.338 e. The first-order valence-electron chi connectivity index (χ1n) is 4.72. The highest BCUT2D eigenvalue weighted by molar-refractivity contribution is 14.1. The summed E-state index contributed by atoms with van der Waals surface area (Å²) in [5.41, 5.74) is 2.81. The second-order valence-electron chi connectivity index (χ2n) is 3.51. The van der Waals surface area contributed by atoms with Gasteiger partial charge >= 0.3 is 0 Å². The largest absolute Gasteiger partial charge is 0.338 e. The molecule has 1 N–H and O–H groups in total. The van der Waals surface area contributed by atoms with Crippen LogP contribution in [0.5, 0.6) is 0 Å². The van der Waals surface area contributed by atoms with Crippen molar-refractivity contribution in [1.82, 2.24) is 9.97 Å². The van der Waals surface area contributed by atoms with E-state index in [1.54, 1.807) is 23.5 Å². The van der Waals surface area contributed by atoms with Crippen molar-refractivity contribution in [2.45, 2.75) is 0 Å². The molecule has 0 amide bonds. The number of rotatable bonds is 1. The van der Waals surface area contributed by atoms with Crippen molar-refractivity contribution in [2.75, 3.05) is 0 Å². The van der Waals surface area contributed by atoms with Gasteiger partial charge in [-0.25, -0.2) is 4.98 Å². The van der Waals surface area contributed by atoms with Crippen LogP contribution in [0.25, 0.3) is 22.4 Å². The number of hydrogen-bond acceptors (Lipinski definition) is 2. The van der Waals surface area contributed by atoms with Gasteiger partial charge in [-0.15, -0.1) is 11.3 Å². The molecular weight excluding hydrogens is 390 g/mol. The quantitative estimate of drug-likeness (QED) is 0.564. The maximum absolute atomic E-state index is 5.97. The van der Waals surface area contributed by atoms with E-state index >= 15 is 0 Å². The van der Waals surface area contributed by atoms with E-state index in [9.17, 15) is 0 Å². The summed E-state index contributed by atoms with van der Waals surface area (Å²) in [6.07, 6.45) is 0. The van der Waals surface area contributed by atoms with Crippen molar-refractivity contribution in [1.29, 1.82) is 0 Å². The van der Waals surface area contributed by atoms with E-state index < -0.39 is 0 Å². The summed E-state index contributed by atoms with van der Waals surface area (Å²) in [5.74, 6) is 0.845. The van der Waals surface area contributed by atoms with E-state index in [2.05, 4.69) is 44.0 Å². The molecule has 0 saturated heterocycles. The molecule has 3 aromatic rings. The van der Waals surface area contributed by atoms with Crippen LogP contribution in [0.3, 0.4) is 0 Å². The summed E-state index contributed by atoms with van der Waals surface area (Å²) in [6.45, 7) is 0. The number of aromatic amines is 1. The minimum atomic E-state index is 0.525. The number of fused-ring (bicyclic) bond motifs is 1. The van der Waals surface area contributed by atoms with Gasteiger partial charge in [-0.1, -0.05) is 23.2 Å². The van der Waals surface area contributed by atoms with Crippen LogP contribution < -0.4 is 0 Å². The van der Waals surface area contributed by atoms with E-state index in [-0.39, 0.29) is 0 Å². The van der Waals surface area contributed by atoms with Crippen LogP contribution in [0.2, 0.25) is 10.0 Å². The number of nitrogens with zero attached hydrogens (tertiary/aromatic N) is 1. The zero-order chi connectivity index (χ0) is 12.0. The van der Waals surface area contributed by atoms with E-state index in [4.69, 9.17) is 23.2 Å². The van der Waals surface area contributed by atoms with Gasteiger partial charge in [0.1, 0.15) is 5.82 Å². The highest BCUT2D eigenvalue weighted by Crippen LogP contribution is 2.30. The number of imidazole rings is 1. The molecule has 0 aliphatic heterocycles. The van der Waals surface area contributed by atoms with E-state index in [1.165, 1.54) is 2.88 Å². The molecule has 17 heavy (non-hydrogen) atoms. The van der Waals surface area contributed by atoms with Crippen LogP contribution in [-0.2, 0) is 0 Å². The Balaban J connectivity index is 2.19. The Morgan fingerprint density at radius 2 is 1.94 bits per heavy atom. The Labute approximate surface area is 125 Å². The second-order valence-corrected chi connectivity index (χ2v) is 7.13. The number of hydrogen-bond donors (Lipinski definition) is 1. The van der Waals surface area contributed by atoms with E-state index in [0.717, 1.165) is 22.4 Å². The van der Waals surface area contributed by atoms with Crippen LogP contribution in [0.15, 0.2) is 23.6 Å². The number of H-pyrrole nitrogens is 1. The number of halogens is 3. The zero-order valence-electron chi connectivity index (χ0n) is 8.30. The maximum atomic E-state index is 5.97. The molecule has 6 heteroatoms. The van der Waals surface area contributed by atoms with Gasteiger partial charge in [0, 0.05) is 10.9 Å². The van der Waals surface area contributed by atoms with Crippen LogP contribution in [0, 0.1) is 2.88 Å². The first kappa shape index (κ1) is 11.8. The molecule has 1 aromatic carbocycles. The lowest BCUT2D eigenvalue weighted by molar-refractivity contribution is 1.35. The Hall–Kier alpha value is -0.300. The molecule has 0 radical (unpaired) electrons. The molecule has 2 nitrogen and oxygen atoms in total. The first-order chi connectivity index (χ1) is 8.13. The smallest absolute Gasteiger partial charge is 0.139 e. The molecule has 2 heterocycles. The Kier molecular flexibility index (Phi) is 3.06. The van der Waals surface area contributed by atoms with E-state index in [1.807, 2.05) is 0 Å². The predicted molar refractivity (Wildman–Crippen MR) is 82.1 cm³/mol. The fraction of sp³-hybridized carbons (Fsp3) is 0. The lowest BCUT2D eigenvalue weighted by atomic mass is 10.3. The van der Waals surface area contributed by atoms with Crippen molar-refractivity contribution in [3.8, 4) is 11.4 Å². The number of thiophene rings is 1.